The Bertz CT molecular complexity index is 676. The lowest BCUT2D eigenvalue weighted by molar-refractivity contribution is -0.132. The van der Waals surface area contributed by atoms with E-state index in [4.69, 9.17) is 0 Å². The molecule has 148 valence electrons. The first kappa shape index (κ1) is 20.5. The third-order valence-electron chi connectivity index (χ3n) is 4.98. The molecule has 2 saturated heterocycles. The smallest absolute Gasteiger partial charge is 0.254 e. The minimum atomic E-state index is -1.02. The standard InChI is InChI=1S/C19H24F2N2O2S2/c20-16-6-5-14(13-17(16)21)19(25)23-10-8-22(9-11-23)18(24)4-2-1-3-15-7-12-26-27-15/h5-6,13,15H,1-4,7-12H2. The highest BCUT2D eigenvalue weighted by Gasteiger charge is 2.25. The molecule has 0 saturated carbocycles. The average Bonchev–Trinajstić information content (AvgIpc) is 3.20. The number of halogens is 2. The number of carbonyl (C=O) groups is 2. The van der Waals surface area contributed by atoms with E-state index in [1.165, 1.54) is 24.7 Å². The summed E-state index contributed by atoms with van der Waals surface area (Å²) in [5, 5.41) is 0.746. The predicted octanol–water partition coefficient (Wildman–Crippen LogP) is 3.96. The number of piperazine rings is 1. The van der Waals surface area contributed by atoms with Gasteiger partial charge in [-0.05, 0) is 37.5 Å². The summed E-state index contributed by atoms with van der Waals surface area (Å²) >= 11 is 0. The van der Waals surface area contributed by atoms with E-state index in [1.807, 2.05) is 21.6 Å². The van der Waals surface area contributed by atoms with Crippen molar-refractivity contribution in [2.75, 3.05) is 31.9 Å². The van der Waals surface area contributed by atoms with Crippen LogP contribution in [-0.2, 0) is 4.79 Å². The molecule has 3 rings (SSSR count). The number of amides is 2. The van der Waals surface area contributed by atoms with Gasteiger partial charge in [0.25, 0.3) is 5.91 Å². The molecule has 2 aliphatic heterocycles. The third kappa shape index (κ3) is 5.60. The van der Waals surface area contributed by atoms with Gasteiger partial charge in [0.15, 0.2) is 11.6 Å². The van der Waals surface area contributed by atoms with Crippen molar-refractivity contribution in [3.8, 4) is 0 Å². The molecule has 8 heteroatoms. The van der Waals surface area contributed by atoms with E-state index in [2.05, 4.69) is 0 Å². The van der Waals surface area contributed by atoms with Gasteiger partial charge in [0, 0.05) is 49.2 Å². The molecule has 0 N–H and O–H groups in total. The van der Waals surface area contributed by atoms with Crippen LogP contribution in [0.4, 0.5) is 8.78 Å². The lowest BCUT2D eigenvalue weighted by atomic mass is 10.1. The van der Waals surface area contributed by atoms with Crippen LogP contribution in [0, 0.1) is 11.6 Å². The molecule has 1 aromatic carbocycles. The Morgan fingerprint density at radius 2 is 1.78 bits per heavy atom. The van der Waals surface area contributed by atoms with E-state index >= 15 is 0 Å². The van der Waals surface area contributed by atoms with Crippen LogP contribution in [0.15, 0.2) is 18.2 Å². The molecule has 27 heavy (non-hydrogen) atoms. The van der Waals surface area contributed by atoms with Gasteiger partial charge in [-0.2, -0.15) is 0 Å². The largest absolute Gasteiger partial charge is 0.339 e. The summed E-state index contributed by atoms with van der Waals surface area (Å²) in [4.78, 5) is 28.1. The molecule has 0 aromatic heterocycles. The van der Waals surface area contributed by atoms with Crippen molar-refractivity contribution in [3.05, 3.63) is 35.4 Å². The van der Waals surface area contributed by atoms with Crippen LogP contribution in [0.2, 0.25) is 0 Å². The van der Waals surface area contributed by atoms with Gasteiger partial charge in [-0.15, -0.1) is 0 Å². The Morgan fingerprint density at radius 1 is 1.04 bits per heavy atom. The second-order valence-electron chi connectivity index (χ2n) is 6.88. The van der Waals surface area contributed by atoms with Crippen LogP contribution in [0.25, 0.3) is 0 Å². The molecule has 1 unspecified atom stereocenters. The van der Waals surface area contributed by atoms with Crippen LogP contribution < -0.4 is 0 Å². The highest BCUT2D eigenvalue weighted by Crippen LogP contribution is 2.39. The first-order valence-electron chi connectivity index (χ1n) is 9.35. The molecule has 0 aliphatic carbocycles. The fourth-order valence-corrected chi connectivity index (χ4v) is 6.37. The minimum Gasteiger partial charge on any atom is -0.339 e. The summed E-state index contributed by atoms with van der Waals surface area (Å²) < 4.78 is 26.3. The van der Waals surface area contributed by atoms with Gasteiger partial charge in [0.1, 0.15) is 0 Å². The van der Waals surface area contributed by atoms with Crippen LogP contribution in [0.5, 0.6) is 0 Å². The summed E-state index contributed by atoms with van der Waals surface area (Å²) in [7, 11) is 3.91. The number of unbranched alkanes of at least 4 members (excludes halogenated alkanes) is 1. The van der Waals surface area contributed by atoms with Crippen LogP contribution in [0.1, 0.15) is 42.5 Å². The fraction of sp³-hybridized carbons (Fsp3) is 0.579. The molecule has 2 amide bonds. The summed E-state index contributed by atoms with van der Waals surface area (Å²) in [6.07, 6.45) is 5.01. The van der Waals surface area contributed by atoms with Crippen molar-refractivity contribution in [1.82, 2.24) is 9.80 Å². The maximum Gasteiger partial charge on any atom is 0.254 e. The molecule has 1 atom stereocenters. The Hall–Kier alpha value is -1.28. The van der Waals surface area contributed by atoms with Crippen molar-refractivity contribution >= 4 is 33.4 Å². The lowest BCUT2D eigenvalue weighted by Gasteiger charge is -2.35. The zero-order chi connectivity index (χ0) is 19.2. The first-order chi connectivity index (χ1) is 13.0. The van der Waals surface area contributed by atoms with Gasteiger partial charge in [-0.3, -0.25) is 9.59 Å². The summed E-state index contributed by atoms with van der Waals surface area (Å²) in [5.41, 5.74) is 0.136. The highest BCUT2D eigenvalue weighted by atomic mass is 33.1. The minimum absolute atomic E-state index is 0.136. The average molecular weight is 415 g/mol. The Labute approximate surface area is 166 Å². The zero-order valence-electron chi connectivity index (χ0n) is 15.2. The van der Waals surface area contributed by atoms with E-state index < -0.39 is 11.6 Å². The van der Waals surface area contributed by atoms with Gasteiger partial charge in [0.2, 0.25) is 5.91 Å². The summed E-state index contributed by atoms with van der Waals surface area (Å²) in [5.74, 6) is -0.935. The maximum atomic E-state index is 13.3. The van der Waals surface area contributed by atoms with E-state index in [-0.39, 0.29) is 17.4 Å². The lowest BCUT2D eigenvalue weighted by Crippen LogP contribution is -2.50. The number of hydrogen-bond acceptors (Lipinski definition) is 4. The summed E-state index contributed by atoms with van der Waals surface area (Å²) in [6, 6.07) is 3.18. The molecular formula is C19H24F2N2O2S2. The van der Waals surface area contributed by atoms with Crippen molar-refractivity contribution < 1.29 is 18.4 Å². The van der Waals surface area contributed by atoms with E-state index in [1.54, 1.807) is 9.80 Å². The molecule has 2 fully saturated rings. The number of nitrogens with zero attached hydrogens (tertiary/aromatic N) is 2. The number of hydrogen-bond donors (Lipinski definition) is 0. The second kappa shape index (κ2) is 9.78. The monoisotopic (exact) mass is 414 g/mol. The molecule has 1 aromatic rings. The quantitative estimate of drug-likeness (QED) is 0.522. The SMILES string of the molecule is O=C(CCCCC1CCSS1)N1CCN(C(=O)c2ccc(F)c(F)c2)CC1. The molecular weight excluding hydrogens is 390 g/mol. The van der Waals surface area contributed by atoms with Gasteiger partial charge < -0.3 is 9.80 Å². The van der Waals surface area contributed by atoms with Crippen LogP contribution in [0.3, 0.4) is 0 Å². The normalized spacial score (nSPS) is 20.1. The van der Waals surface area contributed by atoms with Gasteiger partial charge in [0.05, 0.1) is 0 Å². The molecule has 4 nitrogen and oxygen atoms in total. The van der Waals surface area contributed by atoms with Crippen LogP contribution >= 0.6 is 21.6 Å². The highest BCUT2D eigenvalue weighted by molar-refractivity contribution is 8.77. The predicted molar refractivity (Wildman–Crippen MR) is 106 cm³/mol. The Morgan fingerprint density at radius 3 is 2.44 bits per heavy atom. The molecule has 0 spiro atoms. The summed E-state index contributed by atoms with van der Waals surface area (Å²) in [6.45, 7) is 1.81. The number of carbonyl (C=O) groups excluding carboxylic acids is 2. The van der Waals surface area contributed by atoms with Crippen LogP contribution in [-0.4, -0.2) is 58.8 Å². The van der Waals surface area contributed by atoms with Gasteiger partial charge in [-0.25, -0.2) is 8.78 Å². The van der Waals surface area contributed by atoms with E-state index in [9.17, 15) is 18.4 Å². The third-order valence-corrected chi connectivity index (χ3v) is 7.99. The molecule has 0 radical (unpaired) electrons. The molecule has 2 heterocycles. The van der Waals surface area contributed by atoms with Crippen molar-refractivity contribution in [1.29, 1.82) is 0 Å². The molecule has 0 bridgehead atoms. The molecule has 2 aliphatic rings. The second-order valence-corrected chi connectivity index (χ2v) is 9.66. The van der Waals surface area contributed by atoms with E-state index in [0.717, 1.165) is 30.2 Å². The Kier molecular flexibility index (Phi) is 7.41. The van der Waals surface area contributed by atoms with Crippen molar-refractivity contribution in [3.63, 3.8) is 0 Å². The van der Waals surface area contributed by atoms with Gasteiger partial charge in [-0.1, -0.05) is 28.0 Å². The van der Waals surface area contributed by atoms with Gasteiger partial charge >= 0.3 is 0 Å². The fourth-order valence-electron chi connectivity index (χ4n) is 3.34. The Balaban J connectivity index is 1.39. The maximum absolute atomic E-state index is 13.3. The first-order valence-corrected chi connectivity index (χ1v) is 11.7. The number of rotatable bonds is 6. The topological polar surface area (TPSA) is 40.6 Å². The van der Waals surface area contributed by atoms with Crippen molar-refractivity contribution in [2.24, 2.45) is 0 Å². The zero-order valence-corrected chi connectivity index (χ0v) is 16.8. The number of benzene rings is 1. The van der Waals surface area contributed by atoms with Crippen molar-refractivity contribution in [2.45, 2.75) is 37.4 Å². The van der Waals surface area contributed by atoms with E-state index in [0.29, 0.717) is 32.6 Å².